The second-order valence-corrected chi connectivity index (χ2v) is 6.79. The van der Waals surface area contributed by atoms with Gasteiger partial charge in [-0.25, -0.2) is 13.1 Å². The third-order valence-corrected chi connectivity index (χ3v) is 5.10. The third-order valence-electron chi connectivity index (χ3n) is 3.13. The topological polar surface area (TPSA) is 72.2 Å². The average molecular weight is 289 g/mol. The van der Waals surface area contributed by atoms with Crippen LogP contribution in [0.1, 0.15) is 26.2 Å². The van der Waals surface area contributed by atoms with Crippen molar-refractivity contribution in [2.75, 3.05) is 5.73 Å². The van der Waals surface area contributed by atoms with Crippen molar-refractivity contribution in [2.45, 2.75) is 37.1 Å². The van der Waals surface area contributed by atoms with Crippen LogP contribution in [0.5, 0.6) is 0 Å². The van der Waals surface area contributed by atoms with Crippen LogP contribution in [0.2, 0.25) is 5.02 Å². The van der Waals surface area contributed by atoms with Crippen LogP contribution < -0.4 is 10.5 Å². The van der Waals surface area contributed by atoms with Crippen molar-refractivity contribution in [3.05, 3.63) is 23.2 Å². The van der Waals surface area contributed by atoms with E-state index < -0.39 is 10.0 Å². The van der Waals surface area contributed by atoms with Gasteiger partial charge in [0.15, 0.2) is 0 Å². The summed E-state index contributed by atoms with van der Waals surface area (Å²) in [7, 11) is -3.56. The summed E-state index contributed by atoms with van der Waals surface area (Å²) in [5.74, 6) is 0.463. The van der Waals surface area contributed by atoms with E-state index in [1.165, 1.54) is 12.1 Å². The molecule has 2 unspecified atom stereocenters. The predicted octanol–water partition coefficient (Wildman–Crippen LogP) is 2.39. The lowest BCUT2D eigenvalue weighted by Crippen LogP contribution is -2.27. The molecule has 1 aliphatic rings. The summed E-state index contributed by atoms with van der Waals surface area (Å²) < 4.78 is 27.0. The van der Waals surface area contributed by atoms with E-state index in [9.17, 15) is 8.42 Å². The number of hydrogen-bond acceptors (Lipinski definition) is 3. The average Bonchev–Trinajstić information content (AvgIpc) is 2.99. The number of hydrogen-bond donors (Lipinski definition) is 2. The van der Waals surface area contributed by atoms with Gasteiger partial charge in [-0.15, -0.1) is 0 Å². The van der Waals surface area contributed by atoms with Crippen LogP contribution in [0, 0.1) is 5.92 Å². The zero-order chi connectivity index (χ0) is 13.3. The largest absolute Gasteiger partial charge is 0.399 e. The maximum atomic E-state index is 12.2. The van der Waals surface area contributed by atoms with Gasteiger partial charge in [-0.2, -0.15) is 0 Å². The summed E-state index contributed by atoms with van der Waals surface area (Å²) in [5.41, 5.74) is 5.98. The number of benzene rings is 1. The first-order valence-corrected chi connectivity index (χ1v) is 7.87. The summed E-state index contributed by atoms with van der Waals surface area (Å²) in [6.45, 7) is 2.10. The minimum absolute atomic E-state index is 0.0486. The van der Waals surface area contributed by atoms with Gasteiger partial charge < -0.3 is 5.73 Å². The molecule has 0 aromatic heterocycles. The number of sulfonamides is 1. The zero-order valence-electron chi connectivity index (χ0n) is 10.2. The van der Waals surface area contributed by atoms with Gasteiger partial charge >= 0.3 is 0 Å². The molecule has 0 amide bonds. The summed E-state index contributed by atoms with van der Waals surface area (Å²) in [6, 6.07) is 4.52. The van der Waals surface area contributed by atoms with Gasteiger partial charge in [0.05, 0.1) is 5.02 Å². The third kappa shape index (κ3) is 2.96. The first-order valence-electron chi connectivity index (χ1n) is 6.01. The van der Waals surface area contributed by atoms with Crippen LogP contribution in [-0.4, -0.2) is 14.5 Å². The first kappa shape index (κ1) is 13.6. The summed E-state index contributed by atoms with van der Waals surface area (Å²) in [6.07, 6.45) is 3.03. The number of halogens is 1. The Bertz CT molecular complexity index is 545. The first-order chi connectivity index (χ1) is 8.44. The van der Waals surface area contributed by atoms with E-state index in [0.29, 0.717) is 11.6 Å². The standard InChI is InChI=1S/C12H17ClN2O2S/c1-2-3-8-6-11(8)15-18(16,17)12-7-9(14)4-5-10(12)13/h4-5,7-8,11,15H,2-3,6,14H2,1H3. The molecule has 1 saturated carbocycles. The van der Waals surface area contributed by atoms with Crippen LogP contribution in [0.25, 0.3) is 0 Å². The fourth-order valence-electron chi connectivity index (χ4n) is 2.07. The Labute approximate surface area is 113 Å². The molecule has 0 aliphatic heterocycles. The molecule has 4 nitrogen and oxygen atoms in total. The maximum absolute atomic E-state index is 12.2. The Hall–Kier alpha value is -0.780. The monoisotopic (exact) mass is 288 g/mol. The lowest BCUT2D eigenvalue weighted by atomic mass is 10.2. The van der Waals surface area contributed by atoms with E-state index in [4.69, 9.17) is 17.3 Å². The molecule has 0 spiro atoms. The van der Waals surface area contributed by atoms with Crippen molar-refractivity contribution >= 4 is 27.3 Å². The highest BCUT2D eigenvalue weighted by atomic mass is 35.5. The normalized spacial score (nSPS) is 23.0. The number of anilines is 1. The molecule has 100 valence electrons. The number of nitrogen functional groups attached to an aromatic ring is 1. The summed E-state index contributed by atoms with van der Waals surface area (Å²) >= 11 is 5.91. The van der Waals surface area contributed by atoms with E-state index in [1.807, 2.05) is 0 Å². The van der Waals surface area contributed by atoms with Crippen molar-refractivity contribution in [3.63, 3.8) is 0 Å². The highest BCUT2D eigenvalue weighted by Gasteiger charge is 2.39. The van der Waals surface area contributed by atoms with Crippen LogP contribution >= 0.6 is 11.6 Å². The molecule has 0 bridgehead atoms. The fraction of sp³-hybridized carbons (Fsp3) is 0.500. The molecule has 0 saturated heterocycles. The van der Waals surface area contributed by atoms with Crippen molar-refractivity contribution in [1.29, 1.82) is 0 Å². The molecule has 1 aliphatic carbocycles. The van der Waals surface area contributed by atoms with Gasteiger partial charge in [0, 0.05) is 11.7 Å². The Balaban J connectivity index is 2.14. The van der Waals surface area contributed by atoms with Crippen LogP contribution in [0.4, 0.5) is 5.69 Å². The molecule has 1 aromatic rings. The molecule has 6 heteroatoms. The molecule has 3 N–H and O–H groups in total. The molecule has 1 fully saturated rings. The Morgan fingerprint density at radius 1 is 1.50 bits per heavy atom. The van der Waals surface area contributed by atoms with Crippen LogP contribution in [-0.2, 0) is 10.0 Å². The number of nitrogens with one attached hydrogen (secondary N) is 1. The molecular weight excluding hydrogens is 272 g/mol. The van der Waals surface area contributed by atoms with Gasteiger partial charge in [0.25, 0.3) is 0 Å². The second-order valence-electron chi connectivity index (χ2n) is 4.70. The fourth-order valence-corrected chi connectivity index (χ4v) is 3.92. The summed E-state index contributed by atoms with van der Waals surface area (Å²) in [4.78, 5) is 0.0614. The van der Waals surface area contributed by atoms with Crippen molar-refractivity contribution in [1.82, 2.24) is 4.72 Å². The minimum atomic E-state index is -3.56. The SMILES string of the molecule is CCCC1CC1NS(=O)(=O)c1cc(N)ccc1Cl. The highest BCUT2D eigenvalue weighted by molar-refractivity contribution is 7.89. The molecule has 0 heterocycles. The van der Waals surface area contributed by atoms with E-state index in [1.54, 1.807) is 6.07 Å². The van der Waals surface area contributed by atoms with E-state index >= 15 is 0 Å². The van der Waals surface area contributed by atoms with Crippen molar-refractivity contribution in [2.24, 2.45) is 5.92 Å². The molecule has 2 rings (SSSR count). The van der Waals surface area contributed by atoms with Gasteiger partial charge in [-0.05, 0) is 37.0 Å². The van der Waals surface area contributed by atoms with Gasteiger partial charge in [-0.3, -0.25) is 0 Å². The van der Waals surface area contributed by atoms with Gasteiger partial charge in [0.2, 0.25) is 10.0 Å². The second kappa shape index (κ2) is 5.07. The van der Waals surface area contributed by atoms with Gasteiger partial charge in [-0.1, -0.05) is 24.9 Å². The van der Waals surface area contributed by atoms with E-state index in [2.05, 4.69) is 11.6 Å². The van der Waals surface area contributed by atoms with E-state index in [0.717, 1.165) is 19.3 Å². The zero-order valence-corrected chi connectivity index (χ0v) is 11.8. The van der Waals surface area contributed by atoms with Crippen molar-refractivity contribution in [3.8, 4) is 0 Å². The molecular formula is C12H17ClN2O2S. The van der Waals surface area contributed by atoms with Crippen LogP contribution in [0.3, 0.4) is 0 Å². The number of rotatable bonds is 5. The highest BCUT2D eigenvalue weighted by Crippen LogP contribution is 2.36. The number of nitrogens with two attached hydrogens (primary N) is 1. The van der Waals surface area contributed by atoms with Crippen molar-refractivity contribution < 1.29 is 8.42 Å². The Morgan fingerprint density at radius 3 is 2.89 bits per heavy atom. The lowest BCUT2D eigenvalue weighted by molar-refractivity contribution is 0.573. The van der Waals surface area contributed by atoms with Gasteiger partial charge in [0.1, 0.15) is 4.90 Å². The molecule has 18 heavy (non-hydrogen) atoms. The lowest BCUT2D eigenvalue weighted by Gasteiger charge is -2.08. The van der Waals surface area contributed by atoms with E-state index in [-0.39, 0.29) is 16.0 Å². The van der Waals surface area contributed by atoms with Crippen LogP contribution in [0.15, 0.2) is 23.1 Å². The molecule has 2 atom stereocenters. The quantitative estimate of drug-likeness (QED) is 0.817. The predicted molar refractivity (Wildman–Crippen MR) is 73.0 cm³/mol. The minimum Gasteiger partial charge on any atom is -0.399 e. The molecule has 0 radical (unpaired) electrons. The summed E-state index contributed by atoms with van der Waals surface area (Å²) in [5, 5.41) is 0.199. The maximum Gasteiger partial charge on any atom is 0.242 e. The molecule has 1 aromatic carbocycles. The smallest absolute Gasteiger partial charge is 0.242 e. The Kier molecular flexibility index (Phi) is 3.84. The Morgan fingerprint density at radius 2 is 2.22 bits per heavy atom.